The van der Waals surface area contributed by atoms with E-state index in [0.29, 0.717) is 0 Å². The molecule has 0 bridgehead atoms. The molecule has 3 heterocycles. The molecule has 0 aliphatic heterocycles. The normalized spacial score (nSPS) is 11.8. The Bertz CT molecular complexity index is 3630. The van der Waals surface area contributed by atoms with Crippen LogP contribution in [0.15, 0.2) is 206 Å². The highest BCUT2D eigenvalue weighted by atomic mass is 15.0. The van der Waals surface area contributed by atoms with Crippen LogP contribution in [0.5, 0.6) is 0 Å². The highest BCUT2D eigenvalue weighted by Gasteiger charge is 2.23. The lowest BCUT2D eigenvalue weighted by molar-refractivity contribution is 1.18. The predicted octanol–water partition coefficient (Wildman–Crippen LogP) is 14.9. The van der Waals surface area contributed by atoms with Crippen molar-refractivity contribution in [3.05, 3.63) is 212 Å². The zero-order chi connectivity index (χ0) is 39.0. The summed E-state index contributed by atoms with van der Waals surface area (Å²) in [5, 5.41) is 10.3. The van der Waals surface area contributed by atoms with Crippen LogP contribution >= 0.6 is 0 Å². The van der Waals surface area contributed by atoms with E-state index >= 15 is 0 Å². The van der Waals surface area contributed by atoms with Gasteiger partial charge in [0.1, 0.15) is 0 Å². The number of aryl methyl sites for hydroxylation is 1. The average Bonchev–Trinajstić information content (AvgIpc) is 3.93. The van der Waals surface area contributed by atoms with Gasteiger partial charge in [-0.1, -0.05) is 151 Å². The van der Waals surface area contributed by atoms with Gasteiger partial charge in [0, 0.05) is 49.4 Å². The van der Waals surface area contributed by atoms with Crippen molar-refractivity contribution in [3.63, 3.8) is 0 Å². The van der Waals surface area contributed by atoms with E-state index in [1.54, 1.807) is 0 Å². The second kappa shape index (κ2) is 13.2. The number of aromatic nitrogens is 3. The summed E-state index contributed by atoms with van der Waals surface area (Å²) < 4.78 is 4.73. The van der Waals surface area contributed by atoms with E-state index < -0.39 is 0 Å². The van der Waals surface area contributed by atoms with Crippen molar-refractivity contribution in [2.24, 2.45) is 0 Å². The highest BCUT2D eigenvalue weighted by molar-refractivity contribution is 6.21. The van der Waals surface area contributed by atoms with Crippen LogP contribution in [0.1, 0.15) is 5.56 Å². The van der Waals surface area contributed by atoms with Gasteiger partial charge in [-0.05, 0) is 94.9 Å². The molecule has 0 atom stereocenters. The van der Waals surface area contributed by atoms with Gasteiger partial charge in [0.15, 0.2) is 0 Å². The van der Waals surface area contributed by atoms with Crippen LogP contribution in [0.4, 0.5) is 0 Å². The first-order valence-corrected chi connectivity index (χ1v) is 20.3. The molecule has 0 radical (unpaired) electrons. The first-order valence-electron chi connectivity index (χ1n) is 20.3. The fraction of sp³-hybridized carbons (Fsp3) is 0.0179. The lowest BCUT2D eigenvalue weighted by Gasteiger charge is -2.12. The summed E-state index contributed by atoms with van der Waals surface area (Å²) in [5.74, 6) is 0. The molecule has 3 heteroatoms. The second-order valence-electron chi connectivity index (χ2n) is 15.6. The number of pyridine rings is 1. The van der Waals surface area contributed by atoms with Crippen LogP contribution in [0.2, 0.25) is 0 Å². The van der Waals surface area contributed by atoms with E-state index in [1.165, 1.54) is 93.1 Å². The summed E-state index contributed by atoms with van der Waals surface area (Å²) in [6.45, 7) is 2.15. The number of rotatable bonds is 3. The third kappa shape index (κ3) is 5.18. The molecule has 0 fully saturated rings. The molecule has 0 spiro atoms. The third-order valence-electron chi connectivity index (χ3n) is 12.1. The Morgan fingerprint density at radius 1 is 0.356 bits per heavy atom. The number of hydrogen-bond acceptors (Lipinski definition) is 1. The molecule has 0 saturated heterocycles. The van der Waals surface area contributed by atoms with E-state index in [9.17, 15) is 0 Å². The average molecular weight is 752 g/mol. The van der Waals surface area contributed by atoms with E-state index in [4.69, 9.17) is 4.98 Å². The minimum Gasteiger partial charge on any atom is -0.309 e. The number of hydrogen-bond donors (Lipinski definition) is 0. The molecule has 0 N–H and O–H groups in total. The van der Waals surface area contributed by atoms with Crippen molar-refractivity contribution >= 4 is 65.2 Å². The summed E-state index contributed by atoms with van der Waals surface area (Å²) in [5.41, 5.74) is 15.6. The molecule has 9 aromatic carbocycles. The first kappa shape index (κ1) is 33.4. The van der Waals surface area contributed by atoms with Gasteiger partial charge >= 0.3 is 0 Å². The fourth-order valence-electron chi connectivity index (χ4n) is 9.57. The summed E-state index contributed by atoms with van der Waals surface area (Å²) in [6, 6.07) is 74.0. The Hall–Kier alpha value is -7.75. The van der Waals surface area contributed by atoms with Crippen molar-refractivity contribution in [3.8, 4) is 45.0 Å². The SMILES string of the molecule is Cc1ccc2c(c1)c1ccccc1n2-c1ccccc1.c1cc(-c2cc3cccc4c3c(n2)-c2ccccc2-4)cc(-n2c3ccccc3c3c4ccccc4ccc32)c1. The molecule has 276 valence electrons. The van der Waals surface area contributed by atoms with Gasteiger partial charge in [0.05, 0.1) is 33.5 Å². The van der Waals surface area contributed by atoms with Crippen LogP contribution in [0.25, 0.3) is 110 Å². The zero-order valence-electron chi connectivity index (χ0n) is 32.5. The maximum Gasteiger partial charge on any atom is 0.0800 e. The largest absolute Gasteiger partial charge is 0.309 e. The lowest BCUT2D eigenvalue weighted by Crippen LogP contribution is -1.95. The summed E-state index contributed by atoms with van der Waals surface area (Å²) >= 11 is 0. The molecule has 1 aliphatic rings. The fourth-order valence-corrected chi connectivity index (χ4v) is 9.57. The molecular weight excluding hydrogens is 715 g/mol. The van der Waals surface area contributed by atoms with Crippen LogP contribution in [-0.4, -0.2) is 14.1 Å². The Labute approximate surface area is 341 Å². The molecule has 3 nitrogen and oxygen atoms in total. The Morgan fingerprint density at radius 3 is 1.83 bits per heavy atom. The molecule has 12 aromatic rings. The van der Waals surface area contributed by atoms with E-state index in [2.05, 4.69) is 222 Å². The topological polar surface area (TPSA) is 22.8 Å². The van der Waals surface area contributed by atoms with E-state index in [0.717, 1.165) is 22.6 Å². The van der Waals surface area contributed by atoms with Crippen molar-refractivity contribution in [1.82, 2.24) is 14.1 Å². The molecule has 0 saturated carbocycles. The van der Waals surface area contributed by atoms with Crippen molar-refractivity contribution in [2.75, 3.05) is 0 Å². The molecular formula is C56H37N3. The maximum atomic E-state index is 5.26. The van der Waals surface area contributed by atoms with Gasteiger partial charge < -0.3 is 9.13 Å². The summed E-state index contributed by atoms with van der Waals surface area (Å²) in [7, 11) is 0. The van der Waals surface area contributed by atoms with Crippen molar-refractivity contribution in [2.45, 2.75) is 6.92 Å². The predicted molar refractivity (Wildman–Crippen MR) is 249 cm³/mol. The van der Waals surface area contributed by atoms with Gasteiger partial charge in [-0.15, -0.1) is 0 Å². The molecule has 0 unspecified atom stereocenters. The summed E-state index contributed by atoms with van der Waals surface area (Å²) in [6.07, 6.45) is 0. The maximum absolute atomic E-state index is 5.26. The number of fused-ring (bicyclic) bond motifs is 11. The van der Waals surface area contributed by atoms with Crippen LogP contribution in [-0.2, 0) is 0 Å². The van der Waals surface area contributed by atoms with Crippen LogP contribution < -0.4 is 0 Å². The zero-order valence-corrected chi connectivity index (χ0v) is 32.5. The van der Waals surface area contributed by atoms with Gasteiger partial charge in [-0.3, -0.25) is 0 Å². The Balaban J connectivity index is 0.000000158. The molecule has 1 aliphatic carbocycles. The second-order valence-corrected chi connectivity index (χ2v) is 15.6. The van der Waals surface area contributed by atoms with Gasteiger partial charge in [-0.25, -0.2) is 4.98 Å². The summed E-state index contributed by atoms with van der Waals surface area (Å²) in [4.78, 5) is 5.26. The van der Waals surface area contributed by atoms with E-state index in [1.807, 2.05) is 0 Å². The number of nitrogens with zero attached hydrogens (tertiary/aromatic N) is 3. The van der Waals surface area contributed by atoms with Gasteiger partial charge in [0.25, 0.3) is 0 Å². The Kier molecular flexibility index (Phi) is 7.45. The number of para-hydroxylation sites is 3. The molecule has 3 aromatic heterocycles. The third-order valence-corrected chi connectivity index (χ3v) is 12.1. The standard InChI is InChI=1S/C37H22N2.C19H15N/c1-2-13-27-23(9-1)19-20-34-36(27)31-16-5-6-18-33(31)39(34)26-12-7-10-24(21-26)32-22-25-11-8-17-29-28-14-3-4-15-30(28)37(38-32)35(25)29;1-14-11-12-19-17(13-14)16-9-5-6-10-18(16)20(19)15-7-3-2-4-8-15/h1-22H;2-13H,1H3. The van der Waals surface area contributed by atoms with Crippen LogP contribution in [0.3, 0.4) is 0 Å². The smallest absolute Gasteiger partial charge is 0.0800 e. The molecule has 0 amide bonds. The lowest BCUT2D eigenvalue weighted by atomic mass is 10.0. The number of benzene rings is 9. The van der Waals surface area contributed by atoms with Gasteiger partial charge in [-0.2, -0.15) is 0 Å². The van der Waals surface area contributed by atoms with E-state index in [-0.39, 0.29) is 0 Å². The van der Waals surface area contributed by atoms with Crippen molar-refractivity contribution < 1.29 is 0 Å². The monoisotopic (exact) mass is 751 g/mol. The minimum absolute atomic E-state index is 0.999. The molecule has 59 heavy (non-hydrogen) atoms. The van der Waals surface area contributed by atoms with Crippen LogP contribution in [0, 0.1) is 6.92 Å². The minimum atomic E-state index is 0.999. The first-order chi connectivity index (χ1) is 29.2. The Morgan fingerprint density at radius 2 is 0.966 bits per heavy atom. The molecule has 13 rings (SSSR count). The highest BCUT2D eigenvalue weighted by Crippen LogP contribution is 2.47. The van der Waals surface area contributed by atoms with Gasteiger partial charge in [0.2, 0.25) is 0 Å². The van der Waals surface area contributed by atoms with Crippen molar-refractivity contribution in [1.29, 1.82) is 0 Å². The quantitative estimate of drug-likeness (QED) is 0.176.